The first-order chi connectivity index (χ1) is 11.9. The number of nitrogens with zero attached hydrogens (tertiary/aromatic N) is 1. The van der Waals surface area contributed by atoms with Crippen LogP contribution in [-0.4, -0.2) is 30.9 Å². The molecule has 3 rings (SSSR count). The molecule has 1 aliphatic rings. The van der Waals surface area contributed by atoms with Gasteiger partial charge in [-0.25, -0.2) is 8.78 Å². The van der Waals surface area contributed by atoms with Crippen molar-refractivity contribution in [2.45, 2.75) is 6.54 Å². The Morgan fingerprint density at radius 3 is 2.40 bits per heavy atom. The largest absolute Gasteiger partial charge is 0.493 e. The highest BCUT2D eigenvalue weighted by atomic mass is 35.5. The summed E-state index contributed by atoms with van der Waals surface area (Å²) in [7, 11) is 2.75. The van der Waals surface area contributed by atoms with Crippen LogP contribution >= 0.6 is 11.6 Å². The number of imide groups is 1. The van der Waals surface area contributed by atoms with E-state index in [2.05, 4.69) is 0 Å². The minimum absolute atomic E-state index is 0.0421. The number of carbonyl (C=O) groups excluding carboxylic acids is 2. The van der Waals surface area contributed by atoms with E-state index in [-0.39, 0.29) is 34.0 Å². The molecule has 0 aromatic heterocycles. The lowest BCUT2D eigenvalue weighted by Crippen LogP contribution is -2.29. The van der Waals surface area contributed by atoms with Gasteiger partial charge in [0.1, 0.15) is 11.6 Å². The maximum absolute atomic E-state index is 13.9. The molecule has 1 aliphatic heterocycles. The molecule has 5 nitrogen and oxygen atoms in total. The van der Waals surface area contributed by atoms with Crippen LogP contribution in [0.5, 0.6) is 11.5 Å². The highest BCUT2D eigenvalue weighted by molar-refractivity contribution is 6.30. The first kappa shape index (κ1) is 17.2. The summed E-state index contributed by atoms with van der Waals surface area (Å²) in [6.07, 6.45) is 0. The van der Waals surface area contributed by atoms with Crippen molar-refractivity contribution in [2.75, 3.05) is 14.2 Å². The summed E-state index contributed by atoms with van der Waals surface area (Å²) < 4.78 is 37.5. The summed E-state index contributed by atoms with van der Waals surface area (Å²) in [5, 5.41) is -0.299. The van der Waals surface area contributed by atoms with Crippen LogP contribution in [0.3, 0.4) is 0 Å². The molecule has 0 atom stereocenters. The van der Waals surface area contributed by atoms with E-state index in [1.54, 1.807) is 0 Å². The van der Waals surface area contributed by atoms with Crippen molar-refractivity contribution in [3.8, 4) is 11.5 Å². The molecule has 0 aliphatic carbocycles. The van der Waals surface area contributed by atoms with Gasteiger partial charge < -0.3 is 9.47 Å². The van der Waals surface area contributed by atoms with Crippen LogP contribution in [0.2, 0.25) is 5.02 Å². The molecule has 25 heavy (non-hydrogen) atoms. The molecule has 0 saturated heterocycles. The minimum Gasteiger partial charge on any atom is -0.493 e. The fraction of sp³-hybridized carbons (Fsp3) is 0.176. The van der Waals surface area contributed by atoms with Crippen molar-refractivity contribution in [1.82, 2.24) is 4.90 Å². The maximum atomic E-state index is 13.9. The predicted octanol–water partition coefficient (Wildman–Crippen LogP) is 3.43. The predicted molar refractivity (Wildman–Crippen MR) is 85.1 cm³/mol. The lowest BCUT2D eigenvalue weighted by Gasteiger charge is -2.15. The first-order valence-corrected chi connectivity index (χ1v) is 7.51. The fourth-order valence-corrected chi connectivity index (χ4v) is 2.88. The second-order valence-electron chi connectivity index (χ2n) is 5.28. The van der Waals surface area contributed by atoms with Gasteiger partial charge in [-0.15, -0.1) is 0 Å². The Morgan fingerprint density at radius 2 is 1.76 bits per heavy atom. The van der Waals surface area contributed by atoms with Gasteiger partial charge in [0, 0.05) is 11.6 Å². The fourth-order valence-electron chi connectivity index (χ4n) is 2.69. The Labute approximate surface area is 146 Å². The summed E-state index contributed by atoms with van der Waals surface area (Å²) >= 11 is 5.65. The van der Waals surface area contributed by atoms with E-state index in [9.17, 15) is 18.4 Å². The maximum Gasteiger partial charge on any atom is 0.265 e. The molecule has 2 amide bonds. The van der Waals surface area contributed by atoms with Crippen LogP contribution < -0.4 is 9.47 Å². The van der Waals surface area contributed by atoms with Gasteiger partial charge in [-0.3, -0.25) is 14.5 Å². The van der Waals surface area contributed by atoms with Crippen LogP contribution in [-0.2, 0) is 6.54 Å². The molecule has 0 unspecified atom stereocenters. The number of benzene rings is 2. The zero-order valence-corrected chi connectivity index (χ0v) is 14.0. The van der Waals surface area contributed by atoms with Gasteiger partial charge in [0.2, 0.25) is 0 Å². The molecule has 0 fully saturated rings. The number of hydrogen-bond donors (Lipinski definition) is 0. The normalized spacial score (nSPS) is 13.2. The third-order valence-electron chi connectivity index (χ3n) is 3.90. The molecular formula is C17H12ClF2NO4. The third-order valence-corrected chi connectivity index (χ3v) is 4.19. The zero-order valence-electron chi connectivity index (χ0n) is 13.2. The van der Waals surface area contributed by atoms with Gasteiger partial charge in [-0.2, -0.15) is 0 Å². The number of amides is 2. The highest BCUT2D eigenvalue weighted by Crippen LogP contribution is 2.38. The number of rotatable bonds is 4. The standard InChI is InChI=1S/C17H12ClF2NO4/c1-24-13-4-3-9-14(15(13)25-2)17(23)21(16(9)22)7-8-5-10(18)12(20)6-11(8)19/h3-6H,7H2,1-2H3. The number of carbonyl (C=O) groups is 2. The van der Waals surface area contributed by atoms with Crippen molar-refractivity contribution in [3.05, 3.63) is 57.6 Å². The molecule has 130 valence electrons. The minimum atomic E-state index is -0.920. The van der Waals surface area contributed by atoms with Crippen molar-refractivity contribution in [2.24, 2.45) is 0 Å². The van der Waals surface area contributed by atoms with Crippen molar-refractivity contribution < 1.29 is 27.8 Å². The molecule has 1 heterocycles. The second kappa shape index (κ2) is 6.33. The van der Waals surface area contributed by atoms with E-state index in [4.69, 9.17) is 21.1 Å². The van der Waals surface area contributed by atoms with Crippen molar-refractivity contribution in [1.29, 1.82) is 0 Å². The summed E-state index contributed by atoms with van der Waals surface area (Å²) in [4.78, 5) is 26.0. The van der Waals surface area contributed by atoms with Crippen LogP contribution in [0.15, 0.2) is 24.3 Å². The summed E-state index contributed by atoms with van der Waals surface area (Å²) in [5.41, 5.74) is 0.0866. The Balaban J connectivity index is 2.02. The van der Waals surface area contributed by atoms with E-state index in [0.717, 1.165) is 11.0 Å². The number of ether oxygens (including phenoxy) is 2. The smallest absolute Gasteiger partial charge is 0.265 e. The third kappa shape index (κ3) is 2.70. The molecule has 2 aromatic carbocycles. The van der Waals surface area contributed by atoms with Gasteiger partial charge in [-0.05, 0) is 18.2 Å². The van der Waals surface area contributed by atoms with E-state index in [1.165, 1.54) is 26.4 Å². The molecule has 0 N–H and O–H groups in total. The Kier molecular flexibility index (Phi) is 4.34. The molecule has 8 heteroatoms. The van der Waals surface area contributed by atoms with Gasteiger partial charge in [-0.1, -0.05) is 11.6 Å². The first-order valence-electron chi connectivity index (χ1n) is 7.13. The Bertz CT molecular complexity index is 901. The van der Waals surface area contributed by atoms with E-state index >= 15 is 0 Å². The molecule has 0 saturated carbocycles. The lowest BCUT2D eigenvalue weighted by molar-refractivity contribution is 0.0640. The van der Waals surface area contributed by atoms with E-state index in [0.29, 0.717) is 11.8 Å². The zero-order chi connectivity index (χ0) is 18.3. The Morgan fingerprint density at radius 1 is 1.04 bits per heavy atom. The molecular weight excluding hydrogens is 356 g/mol. The van der Waals surface area contributed by atoms with E-state index < -0.39 is 23.4 Å². The van der Waals surface area contributed by atoms with Gasteiger partial charge in [0.25, 0.3) is 11.8 Å². The topological polar surface area (TPSA) is 55.8 Å². The molecule has 0 spiro atoms. The van der Waals surface area contributed by atoms with Gasteiger partial charge >= 0.3 is 0 Å². The number of fused-ring (bicyclic) bond motifs is 1. The number of hydrogen-bond acceptors (Lipinski definition) is 4. The second-order valence-corrected chi connectivity index (χ2v) is 5.69. The monoisotopic (exact) mass is 367 g/mol. The molecule has 2 aromatic rings. The summed E-state index contributed by atoms with van der Waals surface area (Å²) in [5.74, 6) is -2.67. The highest BCUT2D eigenvalue weighted by Gasteiger charge is 2.39. The van der Waals surface area contributed by atoms with Crippen LogP contribution in [0.4, 0.5) is 8.78 Å². The number of halogens is 3. The molecule has 0 radical (unpaired) electrons. The molecule has 0 bridgehead atoms. The summed E-state index contributed by atoms with van der Waals surface area (Å²) in [6.45, 7) is -0.385. The quantitative estimate of drug-likeness (QED) is 0.613. The summed E-state index contributed by atoms with van der Waals surface area (Å²) in [6, 6.07) is 4.60. The average Bonchev–Trinajstić information content (AvgIpc) is 2.83. The van der Waals surface area contributed by atoms with Crippen molar-refractivity contribution in [3.63, 3.8) is 0 Å². The number of methoxy groups -OCH3 is 2. The van der Waals surface area contributed by atoms with Crippen LogP contribution in [0.1, 0.15) is 26.3 Å². The SMILES string of the molecule is COc1ccc2c(c1OC)C(=O)N(Cc1cc(Cl)c(F)cc1F)C2=O. The van der Waals surface area contributed by atoms with Gasteiger partial charge in [0.15, 0.2) is 11.5 Å². The van der Waals surface area contributed by atoms with E-state index in [1.807, 2.05) is 0 Å². The van der Waals surface area contributed by atoms with Crippen LogP contribution in [0.25, 0.3) is 0 Å². The van der Waals surface area contributed by atoms with Crippen molar-refractivity contribution >= 4 is 23.4 Å². The van der Waals surface area contributed by atoms with Gasteiger partial charge in [0.05, 0.1) is 36.9 Å². The Hall–Kier alpha value is -2.67. The lowest BCUT2D eigenvalue weighted by atomic mass is 10.1. The average molecular weight is 368 g/mol. The van der Waals surface area contributed by atoms with Crippen LogP contribution in [0, 0.1) is 11.6 Å².